The number of nitrogens with two attached hydrogens (primary N) is 1. The first-order chi connectivity index (χ1) is 10.5. The summed E-state index contributed by atoms with van der Waals surface area (Å²) in [4.78, 5) is 23.3. The van der Waals surface area contributed by atoms with Crippen molar-refractivity contribution in [3.8, 4) is 0 Å². The van der Waals surface area contributed by atoms with E-state index in [-0.39, 0.29) is 6.61 Å². The quantitative estimate of drug-likeness (QED) is 0.562. The maximum absolute atomic E-state index is 11.9. The van der Waals surface area contributed by atoms with Gasteiger partial charge in [0, 0.05) is 0 Å². The van der Waals surface area contributed by atoms with Crippen LogP contribution >= 0.6 is 0 Å². The van der Waals surface area contributed by atoms with E-state index in [4.69, 9.17) is 10.5 Å². The Labute approximate surface area is 129 Å². The summed E-state index contributed by atoms with van der Waals surface area (Å²) in [6.45, 7) is 1.70. The lowest BCUT2D eigenvalue weighted by molar-refractivity contribution is -0.148. The lowest BCUT2D eigenvalue weighted by Crippen LogP contribution is -2.54. The van der Waals surface area contributed by atoms with Crippen molar-refractivity contribution in [3.05, 3.63) is 35.9 Å². The molecule has 1 rings (SSSR count). The molecular weight excluding hydrogens is 288 g/mol. The SMILES string of the molecule is COC(=O)[C@@H](NC(=O)[C@H](N)COCc1ccccc1)[C@@H](C)O. The highest BCUT2D eigenvalue weighted by molar-refractivity contribution is 5.87. The van der Waals surface area contributed by atoms with E-state index in [1.54, 1.807) is 0 Å². The second-order valence-electron chi connectivity index (χ2n) is 4.86. The molecule has 0 saturated carbocycles. The Morgan fingerprint density at radius 3 is 2.50 bits per heavy atom. The third-order valence-electron chi connectivity index (χ3n) is 2.98. The Balaban J connectivity index is 2.42. The number of hydrogen-bond donors (Lipinski definition) is 3. The van der Waals surface area contributed by atoms with E-state index >= 15 is 0 Å². The third-order valence-corrected chi connectivity index (χ3v) is 2.98. The number of hydrogen-bond acceptors (Lipinski definition) is 6. The highest BCUT2D eigenvalue weighted by Gasteiger charge is 2.28. The van der Waals surface area contributed by atoms with Crippen LogP contribution in [0.4, 0.5) is 0 Å². The Hall–Kier alpha value is -1.96. The molecule has 1 amide bonds. The van der Waals surface area contributed by atoms with E-state index in [9.17, 15) is 14.7 Å². The van der Waals surface area contributed by atoms with Crippen molar-refractivity contribution in [1.82, 2.24) is 5.32 Å². The van der Waals surface area contributed by atoms with Crippen molar-refractivity contribution < 1.29 is 24.2 Å². The molecule has 0 aromatic heterocycles. The van der Waals surface area contributed by atoms with Crippen molar-refractivity contribution in [2.75, 3.05) is 13.7 Å². The minimum absolute atomic E-state index is 0.00553. The van der Waals surface area contributed by atoms with Gasteiger partial charge >= 0.3 is 5.97 Å². The molecule has 4 N–H and O–H groups in total. The Morgan fingerprint density at radius 2 is 1.95 bits per heavy atom. The molecule has 0 radical (unpaired) electrons. The molecule has 1 aromatic carbocycles. The predicted octanol–water partition coefficient (Wildman–Crippen LogP) is -0.431. The summed E-state index contributed by atoms with van der Waals surface area (Å²) in [6.07, 6.45) is -1.09. The van der Waals surface area contributed by atoms with Crippen LogP contribution in [0, 0.1) is 0 Å². The molecule has 7 nitrogen and oxygen atoms in total. The second-order valence-corrected chi connectivity index (χ2v) is 4.86. The lowest BCUT2D eigenvalue weighted by Gasteiger charge is -2.21. The van der Waals surface area contributed by atoms with Gasteiger partial charge in [-0.2, -0.15) is 0 Å². The summed E-state index contributed by atoms with van der Waals surface area (Å²) in [5.74, 6) is -1.33. The van der Waals surface area contributed by atoms with E-state index in [1.807, 2.05) is 30.3 Å². The number of rotatable bonds is 8. The van der Waals surface area contributed by atoms with Crippen molar-refractivity contribution in [1.29, 1.82) is 0 Å². The molecule has 0 saturated heterocycles. The van der Waals surface area contributed by atoms with Gasteiger partial charge in [-0.25, -0.2) is 4.79 Å². The first-order valence-electron chi connectivity index (χ1n) is 6.89. The van der Waals surface area contributed by atoms with Gasteiger partial charge in [0.15, 0.2) is 6.04 Å². The van der Waals surface area contributed by atoms with Crippen LogP contribution in [0.1, 0.15) is 12.5 Å². The number of nitrogens with one attached hydrogen (secondary N) is 1. The van der Waals surface area contributed by atoms with E-state index < -0.39 is 30.1 Å². The van der Waals surface area contributed by atoms with Gasteiger partial charge in [0.05, 0.1) is 26.4 Å². The molecule has 7 heteroatoms. The normalized spacial score (nSPS) is 14.7. The van der Waals surface area contributed by atoms with E-state index in [0.29, 0.717) is 6.61 Å². The maximum Gasteiger partial charge on any atom is 0.331 e. The van der Waals surface area contributed by atoms with Crippen molar-refractivity contribution >= 4 is 11.9 Å². The number of benzene rings is 1. The molecule has 0 heterocycles. The highest BCUT2D eigenvalue weighted by Crippen LogP contribution is 2.01. The summed E-state index contributed by atoms with van der Waals surface area (Å²) >= 11 is 0. The molecule has 0 spiro atoms. The number of aliphatic hydroxyl groups excluding tert-OH is 1. The Bertz CT molecular complexity index is 478. The zero-order chi connectivity index (χ0) is 16.5. The van der Waals surface area contributed by atoms with Gasteiger partial charge in [0.1, 0.15) is 6.04 Å². The number of carbonyl (C=O) groups excluding carboxylic acids is 2. The topological polar surface area (TPSA) is 111 Å². The molecule has 0 aliphatic carbocycles. The van der Waals surface area contributed by atoms with Gasteiger partial charge in [-0.15, -0.1) is 0 Å². The monoisotopic (exact) mass is 310 g/mol. The van der Waals surface area contributed by atoms with Crippen molar-refractivity contribution in [2.24, 2.45) is 5.73 Å². The first kappa shape index (κ1) is 18.1. The molecule has 22 heavy (non-hydrogen) atoms. The minimum atomic E-state index is -1.15. The fourth-order valence-electron chi connectivity index (χ4n) is 1.72. The summed E-state index contributed by atoms with van der Waals surface area (Å²) in [5.41, 5.74) is 6.67. The average molecular weight is 310 g/mol. The summed E-state index contributed by atoms with van der Waals surface area (Å²) in [5, 5.41) is 11.8. The van der Waals surface area contributed by atoms with Gasteiger partial charge in [-0.3, -0.25) is 4.79 Å². The fraction of sp³-hybridized carbons (Fsp3) is 0.467. The van der Waals surface area contributed by atoms with Gasteiger partial charge < -0.3 is 25.6 Å². The first-order valence-corrected chi connectivity index (χ1v) is 6.89. The molecule has 122 valence electrons. The standard InChI is InChI=1S/C15H22N2O5/c1-10(18)13(15(20)21-2)17-14(19)12(16)9-22-8-11-6-4-3-5-7-11/h3-7,10,12-13,18H,8-9,16H2,1-2H3,(H,17,19)/t10-,12-,13+/m1/s1. The maximum atomic E-state index is 11.9. The zero-order valence-electron chi connectivity index (χ0n) is 12.7. The number of ether oxygens (including phenoxy) is 2. The van der Waals surface area contributed by atoms with Crippen molar-refractivity contribution in [3.63, 3.8) is 0 Å². The fourth-order valence-corrected chi connectivity index (χ4v) is 1.72. The van der Waals surface area contributed by atoms with Crippen LogP contribution in [-0.2, 0) is 25.7 Å². The van der Waals surface area contributed by atoms with Crippen LogP contribution in [0.15, 0.2) is 30.3 Å². The molecule has 0 aliphatic heterocycles. The van der Waals surface area contributed by atoms with Crippen LogP contribution in [0.5, 0.6) is 0 Å². The van der Waals surface area contributed by atoms with E-state index in [2.05, 4.69) is 10.1 Å². The molecule has 0 fully saturated rings. The van der Waals surface area contributed by atoms with Crippen LogP contribution < -0.4 is 11.1 Å². The molecule has 0 unspecified atom stereocenters. The van der Waals surface area contributed by atoms with Gasteiger partial charge in [0.25, 0.3) is 0 Å². The van der Waals surface area contributed by atoms with Gasteiger partial charge in [-0.05, 0) is 12.5 Å². The smallest absolute Gasteiger partial charge is 0.331 e. The minimum Gasteiger partial charge on any atom is -0.467 e. The van der Waals surface area contributed by atoms with Gasteiger partial charge in [-0.1, -0.05) is 30.3 Å². The number of aliphatic hydroxyl groups is 1. The number of esters is 1. The Morgan fingerprint density at radius 1 is 1.32 bits per heavy atom. The molecule has 0 aliphatic rings. The van der Waals surface area contributed by atoms with Gasteiger partial charge in [0.2, 0.25) is 5.91 Å². The summed E-state index contributed by atoms with van der Waals surface area (Å²) < 4.78 is 9.87. The van der Waals surface area contributed by atoms with Crippen LogP contribution in [0.2, 0.25) is 0 Å². The predicted molar refractivity (Wildman–Crippen MR) is 79.7 cm³/mol. The average Bonchev–Trinajstić information content (AvgIpc) is 2.52. The van der Waals surface area contributed by atoms with E-state index in [0.717, 1.165) is 5.56 Å². The van der Waals surface area contributed by atoms with E-state index in [1.165, 1.54) is 14.0 Å². The number of carbonyl (C=O) groups is 2. The Kier molecular flexibility index (Phi) is 7.51. The molecule has 0 bridgehead atoms. The number of methoxy groups -OCH3 is 1. The lowest BCUT2D eigenvalue weighted by atomic mass is 10.1. The summed E-state index contributed by atoms with van der Waals surface area (Å²) in [7, 11) is 1.17. The number of amides is 1. The van der Waals surface area contributed by atoms with Crippen LogP contribution in [-0.4, -0.2) is 48.9 Å². The summed E-state index contributed by atoms with van der Waals surface area (Å²) in [6, 6.07) is 7.35. The highest BCUT2D eigenvalue weighted by atomic mass is 16.5. The molecule has 1 aromatic rings. The molecule has 3 atom stereocenters. The zero-order valence-corrected chi connectivity index (χ0v) is 12.7. The van der Waals surface area contributed by atoms with Crippen molar-refractivity contribution in [2.45, 2.75) is 31.7 Å². The van der Waals surface area contributed by atoms with Crippen LogP contribution in [0.3, 0.4) is 0 Å². The second kappa shape index (κ2) is 9.14. The third kappa shape index (κ3) is 5.80. The molecular formula is C15H22N2O5. The van der Waals surface area contributed by atoms with Crippen LogP contribution in [0.25, 0.3) is 0 Å². The largest absolute Gasteiger partial charge is 0.467 e.